The van der Waals surface area contributed by atoms with Gasteiger partial charge in [0.25, 0.3) is 0 Å². The van der Waals surface area contributed by atoms with E-state index in [1.54, 1.807) is 0 Å². The van der Waals surface area contributed by atoms with Crippen LogP contribution in [0.25, 0.3) is 82.3 Å². The quantitative estimate of drug-likeness (QED) is 0.133. The lowest BCUT2D eigenvalue weighted by molar-refractivity contribution is 0.640. The van der Waals surface area contributed by atoms with Crippen LogP contribution in [0.3, 0.4) is 0 Å². The summed E-state index contributed by atoms with van der Waals surface area (Å²) >= 11 is 0. The predicted octanol–water partition coefficient (Wildman–Crippen LogP) is 14.4. The summed E-state index contributed by atoms with van der Waals surface area (Å²) in [5, 5.41) is 11.3. The van der Waals surface area contributed by atoms with Gasteiger partial charge in [0.15, 0.2) is 5.58 Å². The average molecular weight is 743 g/mol. The second-order valence-electron chi connectivity index (χ2n) is 16.8. The lowest BCUT2D eigenvalue weighted by Gasteiger charge is -2.35. The Kier molecular flexibility index (Phi) is 6.38. The predicted molar refractivity (Wildman–Crippen MR) is 243 cm³/mol. The fourth-order valence-electron chi connectivity index (χ4n) is 11.0. The topological polar surface area (TPSA) is 20.8 Å². The highest BCUT2D eigenvalue weighted by atomic mass is 16.3. The van der Waals surface area contributed by atoms with Gasteiger partial charge in [-0.15, -0.1) is 0 Å². The number of aromatic nitrogens is 1. The number of hydrogen-bond donors (Lipinski definition) is 0. The first-order valence-corrected chi connectivity index (χ1v) is 20.6. The van der Waals surface area contributed by atoms with Crippen molar-refractivity contribution in [2.45, 2.75) is 44.9 Å². The van der Waals surface area contributed by atoms with Crippen LogP contribution in [-0.2, 0) is 11.8 Å². The minimum Gasteiger partial charge on any atom is -0.454 e. The molecule has 58 heavy (non-hydrogen) atoms. The lowest BCUT2D eigenvalue weighted by atomic mass is 9.78. The van der Waals surface area contributed by atoms with Crippen molar-refractivity contribution in [2.75, 3.05) is 4.90 Å². The number of furan rings is 1. The molecular formula is C55H38N2O. The van der Waals surface area contributed by atoms with Crippen molar-refractivity contribution < 1.29 is 4.42 Å². The molecule has 10 aromatic rings. The molecular weight excluding hydrogens is 705 g/mol. The van der Waals surface area contributed by atoms with Crippen LogP contribution < -0.4 is 4.90 Å². The Labute approximate surface area is 336 Å². The molecule has 0 fully saturated rings. The molecule has 3 heteroatoms. The van der Waals surface area contributed by atoms with Crippen LogP contribution in [-0.4, -0.2) is 4.40 Å². The molecule has 0 spiro atoms. The maximum Gasteiger partial charge on any atom is 0.159 e. The van der Waals surface area contributed by atoms with E-state index in [0.717, 1.165) is 52.6 Å². The second kappa shape index (κ2) is 11.5. The smallest absolute Gasteiger partial charge is 0.159 e. The molecule has 3 aliphatic carbocycles. The summed E-state index contributed by atoms with van der Waals surface area (Å²) in [5.41, 5.74) is 15.6. The summed E-state index contributed by atoms with van der Waals surface area (Å²) in [4.78, 5) is 2.49. The highest BCUT2D eigenvalue weighted by Gasteiger charge is 2.41. The minimum absolute atomic E-state index is 0.247. The van der Waals surface area contributed by atoms with E-state index in [1.807, 2.05) is 0 Å². The van der Waals surface area contributed by atoms with Crippen molar-refractivity contribution in [3.63, 3.8) is 0 Å². The number of nitrogens with zero attached hydrogens (tertiary/aromatic N) is 2. The number of allylic oxidation sites excluding steroid dienone is 4. The molecule has 274 valence electrons. The molecule has 13 rings (SSSR count). The van der Waals surface area contributed by atoms with Gasteiger partial charge in [0.05, 0.1) is 16.7 Å². The first-order valence-electron chi connectivity index (χ1n) is 20.6. The van der Waals surface area contributed by atoms with Crippen LogP contribution in [0.2, 0.25) is 0 Å². The number of aryl methyl sites for hydroxylation is 1. The van der Waals surface area contributed by atoms with Crippen LogP contribution >= 0.6 is 0 Å². The highest BCUT2D eigenvalue weighted by molar-refractivity contribution is 6.30. The van der Waals surface area contributed by atoms with Gasteiger partial charge >= 0.3 is 0 Å². The Hall–Kier alpha value is -7.02. The summed E-state index contributed by atoms with van der Waals surface area (Å²) in [5.74, 6) is 7.03. The van der Waals surface area contributed by atoms with Gasteiger partial charge in [-0.05, 0) is 99.1 Å². The molecule has 0 atom stereocenters. The van der Waals surface area contributed by atoms with Crippen molar-refractivity contribution in [2.24, 2.45) is 0 Å². The third-order valence-corrected chi connectivity index (χ3v) is 13.5. The van der Waals surface area contributed by atoms with Crippen molar-refractivity contribution in [3.05, 3.63) is 173 Å². The molecule has 3 nitrogen and oxygen atoms in total. The zero-order chi connectivity index (χ0) is 38.3. The normalized spacial score (nSPS) is 16.8. The van der Waals surface area contributed by atoms with Crippen molar-refractivity contribution >= 4 is 93.7 Å². The fraction of sp³-hybridized carbons (Fsp3) is 0.127. The first-order chi connectivity index (χ1) is 28.6. The molecule has 7 aromatic carbocycles. The van der Waals surface area contributed by atoms with Crippen LogP contribution in [0.15, 0.2) is 155 Å². The number of benzene rings is 7. The number of fused-ring (bicyclic) bond motifs is 15. The third-order valence-electron chi connectivity index (χ3n) is 13.5. The molecule has 0 aliphatic heterocycles. The Morgan fingerprint density at radius 1 is 0.707 bits per heavy atom. The Morgan fingerprint density at radius 2 is 1.53 bits per heavy atom. The van der Waals surface area contributed by atoms with Crippen molar-refractivity contribution in [3.8, 4) is 11.8 Å². The fourth-order valence-corrected chi connectivity index (χ4v) is 11.0. The number of rotatable bonds is 3. The van der Waals surface area contributed by atoms with Crippen LogP contribution in [0.1, 0.15) is 55.5 Å². The average Bonchev–Trinajstić information content (AvgIpc) is 3.96. The summed E-state index contributed by atoms with van der Waals surface area (Å²) in [7, 11) is 0. The molecule has 3 aliphatic rings. The van der Waals surface area contributed by atoms with Crippen molar-refractivity contribution in [1.82, 2.24) is 4.40 Å². The first kappa shape index (κ1) is 32.1. The molecule has 0 saturated carbocycles. The van der Waals surface area contributed by atoms with Gasteiger partial charge < -0.3 is 13.7 Å². The maximum atomic E-state index is 6.86. The van der Waals surface area contributed by atoms with Gasteiger partial charge in [0, 0.05) is 67.8 Å². The van der Waals surface area contributed by atoms with E-state index in [1.165, 1.54) is 88.0 Å². The van der Waals surface area contributed by atoms with E-state index in [0.29, 0.717) is 6.42 Å². The standard InChI is InChI=1S/C55H38N2O/c1-55(2)45-21-10-6-15-35(45)39-18-4-3-5-24-48(52(39)55)56(49-25-14-20-40-37-17-9-13-26-50(37)58-54(40)49)34-29-27-33-28-30-38-43(42(33)31-34)32-44-36-16-7-11-22-46(36)57-47-23-12-8-19-41(47)51(38)53(44)57/h6-10,12-17,19-21,23-32H,5,11,18,22H2,1-2H3/b48-24+. The SMILES string of the molecule is CC1(C)C2=C(CC#CC/C=C\2N(c2ccc3ccc4c(cc5c6c(n7c8ccccc8c4c57)CCC=C6)c3c2)c2cccc3c2oc2ccccc23)c2ccccc21. The van der Waals surface area contributed by atoms with Crippen molar-refractivity contribution in [1.29, 1.82) is 0 Å². The zero-order valence-electron chi connectivity index (χ0n) is 32.5. The van der Waals surface area contributed by atoms with Crippen LogP contribution in [0.5, 0.6) is 0 Å². The highest BCUT2D eigenvalue weighted by Crippen LogP contribution is 2.54. The molecule has 0 radical (unpaired) electrons. The monoisotopic (exact) mass is 742 g/mol. The van der Waals surface area contributed by atoms with E-state index in [9.17, 15) is 0 Å². The summed E-state index contributed by atoms with van der Waals surface area (Å²) in [6, 6.07) is 47.2. The van der Waals surface area contributed by atoms with Gasteiger partial charge in [0.2, 0.25) is 0 Å². The summed E-state index contributed by atoms with van der Waals surface area (Å²) in [6.45, 7) is 4.77. The van der Waals surface area contributed by atoms with Gasteiger partial charge in [-0.3, -0.25) is 0 Å². The maximum absolute atomic E-state index is 6.86. The largest absolute Gasteiger partial charge is 0.454 e. The number of hydrogen-bond acceptors (Lipinski definition) is 2. The van der Waals surface area contributed by atoms with Crippen LogP contribution in [0, 0.1) is 11.8 Å². The van der Waals surface area contributed by atoms with E-state index in [4.69, 9.17) is 4.42 Å². The zero-order valence-corrected chi connectivity index (χ0v) is 32.5. The summed E-state index contributed by atoms with van der Waals surface area (Å²) < 4.78 is 9.42. The molecule has 0 amide bonds. The number of anilines is 2. The molecule has 0 N–H and O–H groups in total. The molecule has 3 aromatic heterocycles. The summed E-state index contributed by atoms with van der Waals surface area (Å²) in [6.07, 6.45) is 10.6. The number of para-hydroxylation sites is 3. The van der Waals surface area contributed by atoms with Crippen LogP contribution in [0.4, 0.5) is 11.4 Å². The van der Waals surface area contributed by atoms with Gasteiger partial charge in [-0.2, -0.15) is 0 Å². The van der Waals surface area contributed by atoms with E-state index in [2.05, 4.69) is 181 Å². The van der Waals surface area contributed by atoms with Gasteiger partial charge in [-0.1, -0.05) is 129 Å². The Balaban J connectivity index is 1.14. The Bertz CT molecular complexity index is 3610. The van der Waals surface area contributed by atoms with Gasteiger partial charge in [-0.25, -0.2) is 0 Å². The molecule has 0 unspecified atom stereocenters. The minimum atomic E-state index is -0.247. The van der Waals surface area contributed by atoms with Gasteiger partial charge in [0.1, 0.15) is 5.58 Å². The van der Waals surface area contributed by atoms with E-state index < -0.39 is 0 Å². The molecule has 3 heterocycles. The second-order valence-corrected chi connectivity index (χ2v) is 16.8. The molecule has 0 bridgehead atoms. The lowest BCUT2D eigenvalue weighted by Crippen LogP contribution is -2.27. The third kappa shape index (κ3) is 4.14. The van der Waals surface area contributed by atoms with E-state index >= 15 is 0 Å². The molecule has 0 saturated heterocycles. The van der Waals surface area contributed by atoms with E-state index in [-0.39, 0.29) is 5.41 Å². The Morgan fingerprint density at radius 3 is 2.48 bits per heavy atom.